The molecule has 0 aromatic carbocycles. The van der Waals surface area contributed by atoms with Crippen LogP contribution < -0.4 is 5.32 Å². The predicted molar refractivity (Wildman–Crippen MR) is 71.5 cm³/mol. The maximum absolute atomic E-state index is 12.2. The average molecular weight is 290 g/mol. The molecule has 0 saturated carbocycles. The lowest BCUT2D eigenvalue weighted by atomic mass is 10.1. The van der Waals surface area contributed by atoms with Crippen LogP contribution in [0.15, 0.2) is 0 Å². The fourth-order valence-corrected chi connectivity index (χ4v) is 4.52. The number of piperidine rings is 1. The normalized spacial score (nSPS) is 32.2. The van der Waals surface area contributed by atoms with E-state index in [0.29, 0.717) is 0 Å². The zero-order valence-electron chi connectivity index (χ0n) is 11.2. The van der Waals surface area contributed by atoms with Gasteiger partial charge in [0.2, 0.25) is 5.91 Å². The summed E-state index contributed by atoms with van der Waals surface area (Å²) in [6.45, 7) is 3.28. The Kier molecular flexibility index (Phi) is 4.47. The van der Waals surface area contributed by atoms with Gasteiger partial charge in [-0.1, -0.05) is 0 Å². The molecule has 0 radical (unpaired) electrons. The third-order valence-electron chi connectivity index (χ3n) is 3.82. The van der Waals surface area contributed by atoms with Gasteiger partial charge in [-0.25, -0.2) is 8.42 Å². The molecule has 19 heavy (non-hydrogen) atoms. The predicted octanol–water partition coefficient (Wildman–Crippen LogP) is -0.865. The second kappa shape index (κ2) is 5.76. The molecule has 0 aromatic rings. The van der Waals surface area contributed by atoms with Crippen molar-refractivity contribution in [1.82, 2.24) is 10.2 Å². The Bertz CT molecular complexity index is 431. The summed E-state index contributed by atoms with van der Waals surface area (Å²) in [6, 6.07) is -0.986. The van der Waals surface area contributed by atoms with Gasteiger partial charge in [-0.3, -0.25) is 10.1 Å². The number of rotatable bonds is 3. The van der Waals surface area contributed by atoms with Gasteiger partial charge in [0.15, 0.2) is 9.84 Å². The summed E-state index contributed by atoms with van der Waals surface area (Å²) >= 11 is 0. The van der Waals surface area contributed by atoms with Crippen LogP contribution >= 0.6 is 0 Å². The number of sulfone groups is 1. The Morgan fingerprint density at radius 2 is 1.89 bits per heavy atom. The Hall–Kier alpha value is -0.660. The van der Waals surface area contributed by atoms with Gasteiger partial charge in [-0.15, -0.1) is 0 Å². The Labute approximate surface area is 114 Å². The van der Waals surface area contributed by atoms with Crippen LogP contribution in [-0.2, 0) is 14.6 Å². The number of carbonyl (C=O) groups is 1. The first kappa shape index (κ1) is 14.7. The lowest BCUT2D eigenvalue weighted by molar-refractivity contribution is -0.134. The highest BCUT2D eigenvalue weighted by Gasteiger charge is 2.38. The number of nitrogens with zero attached hydrogens (tertiary/aromatic N) is 1. The fraction of sp³-hybridized carbons (Fsp3) is 0.917. The molecule has 110 valence electrons. The van der Waals surface area contributed by atoms with E-state index in [-0.39, 0.29) is 17.4 Å². The van der Waals surface area contributed by atoms with Gasteiger partial charge in [0, 0.05) is 19.1 Å². The van der Waals surface area contributed by atoms with Crippen molar-refractivity contribution in [3.05, 3.63) is 0 Å². The van der Waals surface area contributed by atoms with Crippen molar-refractivity contribution in [3.8, 4) is 0 Å². The first-order chi connectivity index (χ1) is 8.89. The molecule has 2 aliphatic heterocycles. The van der Waals surface area contributed by atoms with Crippen LogP contribution in [0, 0.1) is 0 Å². The highest BCUT2D eigenvalue weighted by molar-refractivity contribution is 7.91. The zero-order chi connectivity index (χ0) is 14.0. The first-order valence-corrected chi connectivity index (χ1v) is 8.64. The molecule has 0 aromatic heterocycles. The van der Waals surface area contributed by atoms with Crippen LogP contribution in [0.5, 0.6) is 0 Å². The molecular weight excluding hydrogens is 268 g/mol. The third-order valence-corrected chi connectivity index (χ3v) is 5.54. The van der Waals surface area contributed by atoms with E-state index in [2.05, 4.69) is 5.32 Å². The summed E-state index contributed by atoms with van der Waals surface area (Å²) in [5.41, 5.74) is 0. The standard InChI is InChI=1S/C12H22N2O4S/c1-9(12(16)14-5-3-2-4-6-14)13-10-7-19(17,18)8-11(10)15/h9-11,13,15H,2-8H2,1H3. The van der Waals surface area contributed by atoms with Crippen LogP contribution in [0.1, 0.15) is 26.2 Å². The van der Waals surface area contributed by atoms with E-state index < -0.39 is 28.0 Å². The SMILES string of the molecule is CC(NC1CS(=O)(=O)CC1O)C(=O)N1CCCCC1. The number of carbonyl (C=O) groups excluding carboxylic acids is 1. The molecule has 0 aliphatic carbocycles. The van der Waals surface area contributed by atoms with E-state index in [1.165, 1.54) is 0 Å². The number of aliphatic hydroxyl groups is 1. The quantitative estimate of drug-likeness (QED) is 0.706. The highest BCUT2D eigenvalue weighted by atomic mass is 32.2. The van der Waals surface area contributed by atoms with E-state index in [1.807, 2.05) is 4.90 Å². The maximum atomic E-state index is 12.2. The van der Waals surface area contributed by atoms with Gasteiger partial charge in [0.05, 0.1) is 23.7 Å². The maximum Gasteiger partial charge on any atom is 0.239 e. The monoisotopic (exact) mass is 290 g/mol. The average Bonchev–Trinajstić information content (AvgIpc) is 2.62. The molecule has 6 nitrogen and oxygen atoms in total. The van der Waals surface area contributed by atoms with Gasteiger partial charge in [-0.2, -0.15) is 0 Å². The van der Waals surface area contributed by atoms with Crippen LogP contribution in [-0.4, -0.2) is 67.1 Å². The van der Waals surface area contributed by atoms with Crippen LogP contribution in [0.2, 0.25) is 0 Å². The van der Waals surface area contributed by atoms with Gasteiger partial charge >= 0.3 is 0 Å². The number of hydrogen-bond donors (Lipinski definition) is 2. The van der Waals surface area contributed by atoms with E-state index in [0.717, 1.165) is 32.4 Å². The minimum Gasteiger partial charge on any atom is -0.390 e. The molecule has 3 atom stereocenters. The summed E-state index contributed by atoms with van der Waals surface area (Å²) in [4.78, 5) is 14.0. The lowest BCUT2D eigenvalue weighted by Crippen LogP contribution is -2.52. The minimum atomic E-state index is -3.18. The number of nitrogens with one attached hydrogen (secondary N) is 1. The highest BCUT2D eigenvalue weighted by Crippen LogP contribution is 2.15. The van der Waals surface area contributed by atoms with Crippen molar-refractivity contribution in [2.24, 2.45) is 0 Å². The largest absolute Gasteiger partial charge is 0.390 e. The van der Waals surface area contributed by atoms with E-state index in [4.69, 9.17) is 0 Å². The summed E-state index contributed by atoms with van der Waals surface area (Å²) in [7, 11) is -3.18. The van der Waals surface area contributed by atoms with Crippen molar-refractivity contribution in [1.29, 1.82) is 0 Å². The molecule has 7 heteroatoms. The molecule has 2 aliphatic rings. The van der Waals surface area contributed by atoms with Gasteiger partial charge in [-0.05, 0) is 26.2 Å². The molecule has 2 rings (SSSR count). The second-order valence-electron chi connectivity index (χ2n) is 5.53. The second-order valence-corrected chi connectivity index (χ2v) is 7.68. The zero-order valence-corrected chi connectivity index (χ0v) is 12.0. The Balaban J connectivity index is 1.90. The molecule has 2 N–H and O–H groups in total. The third kappa shape index (κ3) is 3.67. The van der Waals surface area contributed by atoms with Crippen molar-refractivity contribution in [3.63, 3.8) is 0 Å². The van der Waals surface area contributed by atoms with Gasteiger partial charge < -0.3 is 10.0 Å². The van der Waals surface area contributed by atoms with E-state index >= 15 is 0 Å². The summed E-state index contributed by atoms with van der Waals surface area (Å²) in [5, 5.41) is 12.7. The Morgan fingerprint density at radius 1 is 1.26 bits per heavy atom. The Morgan fingerprint density at radius 3 is 2.42 bits per heavy atom. The number of hydrogen-bond acceptors (Lipinski definition) is 5. The molecule has 2 heterocycles. The lowest BCUT2D eigenvalue weighted by Gasteiger charge is -2.30. The van der Waals surface area contributed by atoms with Crippen LogP contribution in [0.25, 0.3) is 0 Å². The molecule has 2 fully saturated rings. The van der Waals surface area contributed by atoms with E-state index in [1.54, 1.807) is 6.92 Å². The molecule has 1 amide bonds. The van der Waals surface area contributed by atoms with Crippen LogP contribution in [0.4, 0.5) is 0 Å². The smallest absolute Gasteiger partial charge is 0.239 e. The molecular formula is C12H22N2O4S. The molecule has 3 unspecified atom stereocenters. The van der Waals surface area contributed by atoms with Crippen LogP contribution in [0.3, 0.4) is 0 Å². The van der Waals surface area contributed by atoms with Crippen molar-refractivity contribution >= 4 is 15.7 Å². The topological polar surface area (TPSA) is 86.7 Å². The number of likely N-dealkylation sites (tertiary alicyclic amines) is 1. The molecule has 0 bridgehead atoms. The first-order valence-electron chi connectivity index (χ1n) is 6.82. The molecule has 0 spiro atoms. The number of amides is 1. The number of aliphatic hydroxyl groups excluding tert-OH is 1. The minimum absolute atomic E-state index is 0.00352. The van der Waals surface area contributed by atoms with Gasteiger partial charge in [0.1, 0.15) is 0 Å². The van der Waals surface area contributed by atoms with Crippen molar-refractivity contribution < 1.29 is 18.3 Å². The van der Waals surface area contributed by atoms with Crippen molar-refractivity contribution in [2.45, 2.75) is 44.4 Å². The summed E-state index contributed by atoms with van der Waals surface area (Å²) in [5.74, 6) is -0.308. The van der Waals surface area contributed by atoms with Crippen molar-refractivity contribution in [2.75, 3.05) is 24.6 Å². The van der Waals surface area contributed by atoms with E-state index in [9.17, 15) is 18.3 Å². The molecule has 2 saturated heterocycles. The van der Waals surface area contributed by atoms with Gasteiger partial charge in [0.25, 0.3) is 0 Å². The fourth-order valence-electron chi connectivity index (χ4n) is 2.77. The summed E-state index contributed by atoms with van der Waals surface area (Å²) < 4.78 is 22.8. The summed E-state index contributed by atoms with van der Waals surface area (Å²) in [6.07, 6.45) is 2.30.